The number of aliphatic hydroxyl groups is 1. The van der Waals surface area contributed by atoms with Crippen molar-refractivity contribution in [1.29, 1.82) is 0 Å². The highest BCUT2D eigenvalue weighted by molar-refractivity contribution is 7.05. The lowest BCUT2D eigenvalue weighted by Gasteiger charge is -2.12. The van der Waals surface area contributed by atoms with E-state index in [1.807, 2.05) is 49.4 Å². The molecular formula is C19H19N3O2S. The highest BCUT2D eigenvalue weighted by Gasteiger charge is 2.16. The molecular weight excluding hydrogens is 334 g/mol. The average molecular weight is 353 g/mol. The molecule has 0 aliphatic carbocycles. The molecule has 0 bridgehead atoms. The molecule has 1 amide bonds. The van der Waals surface area contributed by atoms with Gasteiger partial charge in [0.2, 0.25) is 0 Å². The van der Waals surface area contributed by atoms with Crippen LogP contribution >= 0.6 is 11.5 Å². The van der Waals surface area contributed by atoms with E-state index < -0.39 is 6.23 Å². The highest BCUT2D eigenvalue weighted by atomic mass is 32.1. The summed E-state index contributed by atoms with van der Waals surface area (Å²) >= 11 is 1.13. The van der Waals surface area contributed by atoms with E-state index in [0.29, 0.717) is 16.1 Å². The minimum Gasteiger partial charge on any atom is -0.374 e. The first-order chi connectivity index (χ1) is 12.0. The Kier molecular flexibility index (Phi) is 5.23. The summed E-state index contributed by atoms with van der Waals surface area (Å²) in [5.74, 6) is -0.171. The van der Waals surface area contributed by atoms with E-state index in [9.17, 15) is 9.90 Å². The average Bonchev–Trinajstić information content (AvgIpc) is 3.13. The predicted octanol–water partition coefficient (Wildman–Crippen LogP) is 3.25. The fraction of sp³-hybridized carbons (Fsp3) is 0.158. The van der Waals surface area contributed by atoms with Gasteiger partial charge < -0.3 is 16.2 Å². The number of aliphatic hydroxyl groups excluding tert-OH is 1. The first-order valence-corrected chi connectivity index (χ1v) is 8.68. The quantitative estimate of drug-likeness (QED) is 0.614. The Bertz CT molecular complexity index is 845. The summed E-state index contributed by atoms with van der Waals surface area (Å²) in [5.41, 5.74) is 8.85. The maximum atomic E-state index is 12.4. The van der Waals surface area contributed by atoms with Crippen LogP contribution in [0.15, 0.2) is 60.7 Å². The van der Waals surface area contributed by atoms with Crippen molar-refractivity contribution in [1.82, 2.24) is 9.69 Å². The van der Waals surface area contributed by atoms with E-state index in [4.69, 9.17) is 5.73 Å². The maximum absolute atomic E-state index is 12.4. The Labute approximate surface area is 150 Å². The van der Waals surface area contributed by atoms with Crippen LogP contribution in [0.5, 0.6) is 0 Å². The second-order valence-electron chi connectivity index (χ2n) is 5.74. The van der Waals surface area contributed by atoms with Crippen molar-refractivity contribution in [2.75, 3.05) is 0 Å². The second-order valence-corrected chi connectivity index (χ2v) is 6.57. The van der Waals surface area contributed by atoms with E-state index in [1.165, 1.54) is 0 Å². The maximum Gasteiger partial charge on any atom is 0.251 e. The summed E-state index contributed by atoms with van der Waals surface area (Å²) in [5, 5.41) is 12.3. The number of aromatic nitrogens is 1. The number of nitrogens with zero attached hydrogens (tertiary/aromatic N) is 1. The third-order valence-electron chi connectivity index (χ3n) is 3.88. The number of rotatable bonds is 5. The van der Waals surface area contributed by atoms with Crippen LogP contribution < -0.4 is 11.1 Å². The van der Waals surface area contributed by atoms with Crippen molar-refractivity contribution in [3.8, 4) is 11.1 Å². The summed E-state index contributed by atoms with van der Waals surface area (Å²) < 4.78 is 4.22. The molecule has 5 nitrogen and oxygen atoms in total. The van der Waals surface area contributed by atoms with E-state index in [2.05, 4.69) is 9.69 Å². The lowest BCUT2D eigenvalue weighted by atomic mass is 10.0. The van der Waals surface area contributed by atoms with Crippen LogP contribution in [0.1, 0.15) is 40.1 Å². The van der Waals surface area contributed by atoms with Crippen LogP contribution in [-0.2, 0) is 0 Å². The molecule has 1 heterocycles. The number of nitrogens with two attached hydrogens (primary N) is 1. The standard InChI is InChI=1S/C19H19N3O2S/c1-12(16-11-17(18(20)23)25-22-16)21-19(24)15-9-7-14(8-10-15)13-5-3-2-4-6-13/h2-12,18,23H,20H2,1H3,(H,21,24). The smallest absolute Gasteiger partial charge is 0.251 e. The van der Waals surface area contributed by atoms with E-state index in [0.717, 1.165) is 22.7 Å². The molecule has 3 aromatic rings. The predicted molar refractivity (Wildman–Crippen MR) is 99.0 cm³/mol. The number of carbonyl (C=O) groups is 1. The van der Waals surface area contributed by atoms with Gasteiger partial charge in [0.1, 0.15) is 6.23 Å². The summed E-state index contributed by atoms with van der Waals surface area (Å²) in [6.07, 6.45) is -1.04. The van der Waals surface area contributed by atoms with Crippen LogP contribution in [-0.4, -0.2) is 15.4 Å². The van der Waals surface area contributed by atoms with Crippen molar-refractivity contribution in [2.24, 2.45) is 5.73 Å². The molecule has 1 aromatic heterocycles. The third kappa shape index (κ3) is 4.11. The minimum absolute atomic E-state index is 0.171. The van der Waals surface area contributed by atoms with Crippen LogP contribution in [0, 0.1) is 0 Å². The van der Waals surface area contributed by atoms with Crippen molar-refractivity contribution >= 4 is 17.4 Å². The summed E-state index contributed by atoms with van der Waals surface area (Å²) in [7, 11) is 0. The first-order valence-electron chi connectivity index (χ1n) is 7.91. The Morgan fingerprint density at radius 1 is 1.12 bits per heavy atom. The van der Waals surface area contributed by atoms with Crippen molar-refractivity contribution in [2.45, 2.75) is 19.2 Å². The van der Waals surface area contributed by atoms with Gasteiger partial charge in [-0.3, -0.25) is 4.79 Å². The molecule has 0 spiro atoms. The topological polar surface area (TPSA) is 88.2 Å². The molecule has 2 unspecified atom stereocenters. The van der Waals surface area contributed by atoms with Gasteiger partial charge >= 0.3 is 0 Å². The highest BCUT2D eigenvalue weighted by Crippen LogP contribution is 2.22. The van der Waals surface area contributed by atoms with Crippen LogP contribution in [0.25, 0.3) is 11.1 Å². The zero-order valence-electron chi connectivity index (χ0n) is 13.7. The molecule has 0 fully saturated rings. The second kappa shape index (κ2) is 7.57. The van der Waals surface area contributed by atoms with Crippen molar-refractivity contribution in [3.05, 3.63) is 76.8 Å². The number of hydrogen-bond acceptors (Lipinski definition) is 5. The van der Waals surface area contributed by atoms with Gasteiger partial charge in [0, 0.05) is 5.56 Å². The van der Waals surface area contributed by atoms with Crippen molar-refractivity contribution in [3.63, 3.8) is 0 Å². The molecule has 4 N–H and O–H groups in total. The molecule has 128 valence electrons. The summed E-state index contributed by atoms with van der Waals surface area (Å²) in [4.78, 5) is 13.0. The van der Waals surface area contributed by atoms with Gasteiger partial charge in [-0.25, -0.2) is 0 Å². The van der Waals surface area contributed by atoms with Gasteiger partial charge in [0.05, 0.1) is 16.6 Å². The Balaban J connectivity index is 1.68. The van der Waals surface area contributed by atoms with E-state index >= 15 is 0 Å². The van der Waals surface area contributed by atoms with Gasteiger partial charge in [-0.15, -0.1) is 0 Å². The summed E-state index contributed by atoms with van der Waals surface area (Å²) in [6, 6.07) is 18.9. The Hall–Kier alpha value is -2.54. The van der Waals surface area contributed by atoms with Gasteiger partial charge in [-0.2, -0.15) is 4.37 Å². The molecule has 0 aliphatic heterocycles. The zero-order valence-corrected chi connectivity index (χ0v) is 14.5. The number of amides is 1. The fourth-order valence-electron chi connectivity index (χ4n) is 2.45. The van der Waals surface area contributed by atoms with E-state index in [-0.39, 0.29) is 11.9 Å². The normalized spacial score (nSPS) is 13.2. The number of hydrogen-bond donors (Lipinski definition) is 3. The number of carbonyl (C=O) groups excluding carboxylic acids is 1. The lowest BCUT2D eigenvalue weighted by Crippen LogP contribution is -2.26. The molecule has 2 aromatic carbocycles. The number of benzene rings is 2. The SMILES string of the molecule is CC(NC(=O)c1ccc(-c2ccccc2)cc1)c1cc(C(N)O)sn1. The van der Waals surface area contributed by atoms with Crippen LogP contribution in [0.4, 0.5) is 0 Å². The van der Waals surface area contributed by atoms with Crippen LogP contribution in [0.2, 0.25) is 0 Å². The van der Waals surface area contributed by atoms with Gasteiger partial charge in [0.15, 0.2) is 0 Å². The zero-order chi connectivity index (χ0) is 17.8. The van der Waals surface area contributed by atoms with E-state index in [1.54, 1.807) is 18.2 Å². The molecule has 3 rings (SSSR count). The Morgan fingerprint density at radius 3 is 2.36 bits per heavy atom. The Morgan fingerprint density at radius 2 is 1.76 bits per heavy atom. The lowest BCUT2D eigenvalue weighted by molar-refractivity contribution is 0.0939. The molecule has 0 saturated carbocycles. The fourth-order valence-corrected chi connectivity index (χ4v) is 3.15. The van der Waals surface area contributed by atoms with Gasteiger partial charge in [0.25, 0.3) is 5.91 Å². The minimum atomic E-state index is -1.04. The molecule has 0 radical (unpaired) electrons. The third-order valence-corrected chi connectivity index (χ3v) is 4.76. The largest absolute Gasteiger partial charge is 0.374 e. The van der Waals surface area contributed by atoms with Crippen LogP contribution in [0.3, 0.4) is 0 Å². The molecule has 2 atom stereocenters. The molecule has 0 saturated heterocycles. The van der Waals surface area contributed by atoms with Gasteiger partial charge in [-0.05, 0) is 47.8 Å². The first kappa shape index (κ1) is 17.3. The molecule has 25 heavy (non-hydrogen) atoms. The van der Waals surface area contributed by atoms with Crippen molar-refractivity contribution < 1.29 is 9.90 Å². The monoisotopic (exact) mass is 353 g/mol. The number of nitrogens with one attached hydrogen (secondary N) is 1. The summed E-state index contributed by atoms with van der Waals surface area (Å²) in [6.45, 7) is 1.85. The molecule has 0 aliphatic rings. The molecule has 6 heteroatoms. The van der Waals surface area contributed by atoms with Gasteiger partial charge in [-0.1, -0.05) is 42.5 Å².